The van der Waals surface area contributed by atoms with Gasteiger partial charge in [0.15, 0.2) is 0 Å². The SMILES string of the molecule is C=C(C=O)CC1CC(O)C2(C)OC3CC4OC5CC6(C)OC7(C)CCC8OC9CC%10(C)OC%11C(C)=CC(=O)OC%11CC%10OC9CC(C)C8OC7CC6OC5(C)CC=CC4OC3CC2O1. The van der Waals surface area contributed by atoms with Crippen LogP contribution in [-0.2, 0) is 61.7 Å². The Kier molecular flexibility index (Phi) is 10.9. The molecule has 0 spiro atoms. The van der Waals surface area contributed by atoms with Gasteiger partial charge in [-0.2, -0.15) is 0 Å². The molecule has 0 aromatic carbocycles. The lowest BCUT2D eigenvalue weighted by Gasteiger charge is -2.60. The van der Waals surface area contributed by atoms with E-state index in [1.807, 2.05) is 13.8 Å². The van der Waals surface area contributed by atoms with Crippen LogP contribution in [-0.4, -0.2) is 149 Å². The Morgan fingerprint density at radius 1 is 0.734 bits per heavy atom. The molecule has 9 fully saturated rings. The molecule has 64 heavy (non-hydrogen) atoms. The third-order valence-corrected chi connectivity index (χ3v) is 17.8. The zero-order valence-corrected chi connectivity index (χ0v) is 38.6. The van der Waals surface area contributed by atoms with Crippen LogP contribution in [0.4, 0.5) is 0 Å². The molecular weight excluding hydrogens is 825 g/mol. The van der Waals surface area contributed by atoms with Gasteiger partial charge in [-0.3, -0.25) is 4.79 Å². The van der Waals surface area contributed by atoms with Crippen molar-refractivity contribution in [2.24, 2.45) is 5.92 Å². The van der Waals surface area contributed by atoms with E-state index >= 15 is 0 Å². The van der Waals surface area contributed by atoms with Crippen molar-refractivity contribution < 1.29 is 66.8 Å². The lowest BCUT2D eigenvalue weighted by molar-refractivity contribution is -0.356. The highest BCUT2D eigenvalue weighted by atomic mass is 16.7. The fourth-order valence-corrected chi connectivity index (χ4v) is 14.0. The summed E-state index contributed by atoms with van der Waals surface area (Å²) in [6.45, 7) is 18.7. The van der Waals surface area contributed by atoms with Gasteiger partial charge in [-0.05, 0) is 84.3 Å². The fraction of sp³-hybridized carbons (Fsp3) is 0.840. The molecule has 354 valence electrons. The molecule has 0 aromatic rings. The summed E-state index contributed by atoms with van der Waals surface area (Å²) in [4.78, 5) is 23.6. The number of rotatable bonds is 3. The van der Waals surface area contributed by atoms with Gasteiger partial charge >= 0.3 is 5.97 Å². The molecule has 11 aliphatic heterocycles. The van der Waals surface area contributed by atoms with Crippen LogP contribution in [0.5, 0.6) is 0 Å². The van der Waals surface area contributed by atoms with E-state index in [2.05, 4.69) is 53.3 Å². The number of esters is 1. The molecule has 11 heterocycles. The molecule has 0 radical (unpaired) electrons. The molecule has 11 aliphatic rings. The van der Waals surface area contributed by atoms with Gasteiger partial charge in [0.2, 0.25) is 0 Å². The summed E-state index contributed by atoms with van der Waals surface area (Å²) in [5, 5.41) is 11.4. The number of hydrogen-bond donors (Lipinski definition) is 1. The largest absolute Gasteiger partial charge is 0.456 e. The van der Waals surface area contributed by atoms with Crippen molar-refractivity contribution >= 4 is 12.3 Å². The van der Waals surface area contributed by atoms with Crippen LogP contribution in [0.25, 0.3) is 0 Å². The molecule has 23 atom stereocenters. The minimum absolute atomic E-state index is 0.116. The second-order valence-electron chi connectivity index (χ2n) is 22.7. The summed E-state index contributed by atoms with van der Waals surface area (Å²) in [6.07, 6.45) is 9.57. The van der Waals surface area contributed by atoms with Gasteiger partial charge in [0.1, 0.15) is 30.2 Å². The number of ether oxygens (including phenoxy) is 11. The zero-order chi connectivity index (χ0) is 44.7. The number of hydrogen-bond acceptors (Lipinski definition) is 14. The molecule has 11 rings (SSSR count). The van der Waals surface area contributed by atoms with Gasteiger partial charge in [0.05, 0.1) is 108 Å². The highest BCUT2D eigenvalue weighted by molar-refractivity contribution is 5.84. The van der Waals surface area contributed by atoms with Crippen LogP contribution in [0.3, 0.4) is 0 Å². The van der Waals surface area contributed by atoms with E-state index in [0.29, 0.717) is 63.4 Å². The van der Waals surface area contributed by atoms with Crippen molar-refractivity contribution in [2.75, 3.05) is 0 Å². The summed E-state index contributed by atoms with van der Waals surface area (Å²) in [5.74, 6) is -0.146. The zero-order valence-electron chi connectivity index (χ0n) is 38.6. The third kappa shape index (κ3) is 7.38. The van der Waals surface area contributed by atoms with Gasteiger partial charge < -0.3 is 57.2 Å². The number of carbonyl (C=O) groups is 2. The first-order chi connectivity index (χ1) is 30.4. The highest BCUT2D eigenvalue weighted by Gasteiger charge is 2.64. The van der Waals surface area contributed by atoms with Gasteiger partial charge in [0, 0.05) is 57.4 Å². The maximum absolute atomic E-state index is 12.3. The van der Waals surface area contributed by atoms with Gasteiger partial charge in [-0.15, -0.1) is 0 Å². The van der Waals surface area contributed by atoms with Crippen LogP contribution in [0, 0.1) is 5.92 Å². The smallest absolute Gasteiger partial charge is 0.331 e. The van der Waals surface area contributed by atoms with Crippen molar-refractivity contribution in [1.29, 1.82) is 0 Å². The monoisotopic (exact) mass is 894 g/mol. The standard InChI is InChI=1S/C50H70O14/c1-25(24-51)14-28-17-37(52)50(8)41(54-28)19-33-34(61-50)18-32-29(55-33)10-9-12-46(4)42(58-32)23-49(7)40(62-46)21-39-47(5,64-49)13-11-30-44(60-39)26(2)15-31-36(56-30)22-48(6)38(57-31)20-35-45(63-48)27(3)16-43(53)59-35/h9-10,16,24,26,28-42,44-45,52H,1,11-15,17-23H2,2-8H3. The maximum atomic E-state index is 12.3. The summed E-state index contributed by atoms with van der Waals surface area (Å²) in [7, 11) is 0. The average molecular weight is 895 g/mol. The lowest BCUT2D eigenvalue weighted by atomic mass is 9.72. The molecule has 0 aromatic heterocycles. The Hall–Kier alpha value is -2.08. The Bertz CT molecular complexity index is 1940. The minimum Gasteiger partial charge on any atom is -0.456 e. The molecule has 1 N–H and O–H groups in total. The summed E-state index contributed by atoms with van der Waals surface area (Å²) >= 11 is 0. The number of aldehydes is 1. The lowest BCUT2D eigenvalue weighted by Crippen LogP contribution is -2.70. The van der Waals surface area contributed by atoms with E-state index in [1.165, 1.54) is 0 Å². The van der Waals surface area contributed by atoms with E-state index in [9.17, 15) is 14.7 Å². The molecule has 14 heteroatoms. The van der Waals surface area contributed by atoms with Gasteiger partial charge in [0.25, 0.3) is 0 Å². The molecule has 0 saturated carbocycles. The van der Waals surface area contributed by atoms with E-state index in [0.717, 1.165) is 31.1 Å². The van der Waals surface area contributed by atoms with Crippen molar-refractivity contribution in [3.05, 3.63) is 36.0 Å². The molecule has 0 aliphatic carbocycles. The molecule has 0 bridgehead atoms. The van der Waals surface area contributed by atoms with E-state index in [-0.39, 0.29) is 110 Å². The molecule has 23 unspecified atom stereocenters. The summed E-state index contributed by atoms with van der Waals surface area (Å²) in [5.41, 5.74) is -1.96. The predicted octanol–water partition coefficient (Wildman–Crippen LogP) is 5.47. The number of aliphatic hydroxyl groups excluding tert-OH is 1. The Labute approximate surface area is 377 Å². The van der Waals surface area contributed by atoms with Crippen LogP contribution in [0.2, 0.25) is 0 Å². The minimum atomic E-state index is -0.911. The number of aliphatic hydroxyl groups is 1. The molecule has 14 nitrogen and oxygen atoms in total. The predicted molar refractivity (Wildman–Crippen MR) is 228 cm³/mol. The average Bonchev–Trinajstić information content (AvgIpc) is 3.43. The second kappa shape index (κ2) is 15.7. The summed E-state index contributed by atoms with van der Waals surface area (Å²) in [6, 6.07) is 0. The number of carbonyl (C=O) groups excluding carboxylic acids is 2. The highest BCUT2D eigenvalue weighted by Crippen LogP contribution is 2.55. The molecular formula is C50H70O14. The van der Waals surface area contributed by atoms with Crippen molar-refractivity contribution in [2.45, 2.75) is 257 Å². The quantitative estimate of drug-likeness (QED) is 0.165. The third-order valence-electron chi connectivity index (χ3n) is 17.8. The summed E-state index contributed by atoms with van der Waals surface area (Å²) < 4.78 is 75.6. The fourth-order valence-electron chi connectivity index (χ4n) is 14.0. The molecule has 0 amide bonds. The van der Waals surface area contributed by atoms with Crippen molar-refractivity contribution in [1.82, 2.24) is 0 Å². The van der Waals surface area contributed by atoms with E-state index < -0.39 is 34.1 Å². The molecule has 9 saturated heterocycles. The van der Waals surface area contributed by atoms with Crippen LogP contribution >= 0.6 is 0 Å². The maximum Gasteiger partial charge on any atom is 0.331 e. The van der Waals surface area contributed by atoms with Crippen LogP contribution in [0.15, 0.2) is 36.0 Å². The first kappa shape index (κ1) is 44.4. The second-order valence-corrected chi connectivity index (χ2v) is 22.7. The van der Waals surface area contributed by atoms with Gasteiger partial charge in [-0.25, -0.2) is 4.79 Å². The van der Waals surface area contributed by atoms with Crippen LogP contribution < -0.4 is 0 Å². The first-order valence-electron chi connectivity index (χ1n) is 24.4. The Balaban J connectivity index is 0.776. The Morgan fingerprint density at radius 2 is 1.50 bits per heavy atom. The topological polar surface area (TPSA) is 156 Å². The van der Waals surface area contributed by atoms with Crippen molar-refractivity contribution in [3.8, 4) is 0 Å². The van der Waals surface area contributed by atoms with Crippen LogP contribution in [0.1, 0.15) is 126 Å². The number of fused-ring (bicyclic) bond motifs is 10. The van der Waals surface area contributed by atoms with Gasteiger partial charge in [-0.1, -0.05) is 25.7 Å². The Morgan fingerprint density at radius 3 is 2.31 bits per heavy atom. The van der Waals surface area contributed by atoms with E-state index in [1.54, 1.807) is 6.08 Å². The van der Waals surface area contributed by atoms with E-state index in [4.69, 9.17) is 52.1 Å². The first-order valence-corrected chi connectivity index (χ1v) is 24.4. The normalized spacial score (nSPS) is 56.4. The van der Waals surface area contributed by atoms with Crippen molar-refractivity contribution in [3.63, 3.8) is 0 Å².